The molecule has 0 aliphatic carbocycles. The van der Waals surface area contributed by atoms with E-state index in [-0.39, 0.29) is 5.91 Å². The first-order chi connectivity index (χ1) is 18.7. The molecular weight excluding hydrogens is 576 g/mol. The SMILES string of the molecule is CCS/C(Cl)=C(\NC(=O)c1ccccc1)[P+](c1ccccc1)(c1ccccc1)c1ccccc1.[O-][Cl+3]([O-])([O-])O. The van der Waals surface area contributed by atoms with Crippen LogP contribution < -0.4 is 35.2 Å². The number of thioether (sulfide) groups is 1. The lowest BCUT2D eigenvalue weighted by Crippen LogP contribution is -2.58. The number of carbonyl (C=O) groups excluding carboxylic acids is 1. The van der Waals surface area contributed by atoms with Gasteiger partial charge in [-0.3, -0.25) is 10.1 Å². The molecule has 0 aliphatic heterocycles. The van der Waals surface area contributed by atoms with Gasteiger partial charge in [0.1, 0.15) is 20.3 Å². The van der Waals surface area contributed by atoms with Crippen molar-refractivity contribution in [3.05, 3.63) is 137 Å². The van der Waals surface area contributed by atoms with E-state index in [0.717, 1.165) is 27.1 Å². The first kappa shape index (κ1) is 30.8. The predicted octanol–water partition coefficient (Wildman–Crippen LogP) is 2.41. The van der Waals surface area contributed by atoms with E-state index in [9.17, 15) is 4.79 Å². The summed E-state index contributed by atoms with van der Waals surface area (Å²) in [4.78, 5) is 13.5. The van der Waals surface area contributed by atoms with Gasteiger partial charge in [-0.15, -0.1) is 11.8 Å². The van der Waals surface area contributed by atoms with Gasteiger partial charge in [-0.25, -0.2) is 0 Å². The highest BCUT2D eigenvalue weighted by Crippen LogP contribution is 2.63. The fourth-order valence-corrected chi connectivity index (χ4v) is 9.88. The van der Waals surface area contributed by atoms with E-state index in [0.29, 0.717) is 9.93 Å². The minimum absolute atomic E-state index is 0.169. The summed E-state index contributed by atoms with van der Waals surface area (Å²) in [7, 11) is -7.22. The van der Waals surface area contributed by atoms with Crippen LogP contribution in [0.4, 0.5) is 0 Å². The number of carbonyl (C=O) groups is 1. The van der Waals surface area contributed by atoms with Crippen molar-refractivity contribution < 1.29 is 33.7 Å². The van der Waals surface area contributed by atoms with Crippen LogP contribution in [0.1, 0.15) is 17.3 Å². The molecule has 0 heterocycles. The highest BCUT2D eigenvalue weighted by Gasteiger charge is 2.52. The Balaban J connectivity index is 0.000000771. The Kier molecular flexibility index (Phi) is 11.5. The van der Waals surface area contributed by atoms with Crippen LogP contribution in [0.3, 0.4) is 0 Å². The van der Waals surface area contributed by atoms with E-state index in [1.807, 2.05) is 84.9 Å². The van der Waals surface area contributed by atoms with Gasteiger partial charge in [0.2, 0.25) is 5.44 Å². The summed E-state index contributed by atoms with van der Waals surface area (Å²) in [6.07, 6.45) is 0. The summed E-state index contributed by atoms with van der Waals surface area (Å²) in [5.74, 6) is 0.625. The van der Waals surface area contributed by atoms with Crippen molar-refractivity contribution in [1.82, 2.24) is 5.32 Å². The lowest BCUT2D eigenvalue weighted by molar-refractivity contribution is -1.92. The van der Waals surface area contributed by atoms with Crippen LogP contribution in [0.2, 0.25) is 0 Å². The molecule has 4 aromatic carbocycles. The Hall–Kier alpha value is -2.71. The molecule has 39 heavy (non-hydrogen) atoms. The van der Waals surface area contributed by atoms with Crippen molar-refractivity contribution >= 4 is 52.4 Å². The molecule has 0 saturated heterocycles. The average Bonchev–Trinajstić information content (AvgIpc) is 2.94. The van der Waals surface area contributed by atoms with E-state index in [1.165, 1.54) is 0 Å². The average molecular weight is 603 g/mol. The summed E-state index contributed by atoms with van der Waals surface area (Å²) in [5, 5.41) is 6.68. The van der Waals surface area contributed by atoms with Crippen molar-refractivity contribution in [2.45, 2.75) is 6.92 Å². The topological polar surface area (TPSA) is 119 Å². The molecule has 4 aromatic rings. The summed E-state index contributed by atoms with van der Waals surface area (Å²) >= 11 is 8.61. The van der Waals surface area contributed by atoms with Gasteiger partial charge in [0.05, 0.1) is 14.9 Å². The molecule has 1 amide bonds. The van der Waals surface area contributed by atoms with Crippen LogP contribution in [-0.2, 0) is 0 Å². The number of hydrogen-bond acceptors (Lipinski definition) is 6. The minimum atomic E-state index is -4.69. The number of benzene rings is 4. The predicted molar refractivity (Wildman–Crippen MR) is 152 cm³/mol. The second kappa shape index (κ2) is 14.6. The van der Waals surface area contributed by atoms with Crippen LogP contribution in [0.25, 0.3) is 0 Å². The molecule has 0 aliphatic rings. The quantitative estimate of drug-likeness (QED) is 0.299. The molecule has 202 valence electrons. The zero-order valence-electron chi connectivity index (χ0n) is 20.9. The normalized spacial score (nSPS) is 12.1. The maximum atomic E-state index is 13.5. The third-order valence-electron chi connectivity index (χ3n) is 5.49. The lowest BCUT2D eigenvalue weighted by atomic mass is 10.2. The van der Waals surface area contributed by atoms with Gasteiger partial charge >= 0.3 is 0 Å². The molecule has 2 N–H and O–H groups in total. The van der Waals surface area contributed by atoms with Gasteiger partial charge in [0, 0.05) is 5.56 Å². The summed E-state index contributed by atoms with van der Waals surface area (Å²) in [6, 6.07) is 40.5. The van der Waals surface area contributed by atoms with Gasteiger partial charge in [0.25, 0.3) is 5.91 Å². The van der Waals surface area contributed by atoms with Gasteiger partial charge in [-0.05, 0) is 54.3 Å². The molecule has 10 heteroatoms. The number of halogens is 2. The Labute approximate surface area is 240 Å². The van der Waals surface area contributed by atoms with E-state index in [2.05, 4.69) is 48.6 Å². The van der Waals surface area contributed by atoms with Gasteiger partial charge in [0.15, 0.2) is 7.26 Å². The fourth-order valence-electron chi connectivity index (χ4n) is 4.02. The molecular formula is C29H27Cl2NO5PS+. The minimum Gasteiger partial charge on any atom is -0.290 e. The highest BCUT2D eigenvalue weighted by atomic mass is 35.7. The van der Waals surface area contributed by atoms with Crippen LogP contribution in [0, 0.1) is 10.2 Å². The van der Waals surface area contributed by atoms with Crippen molar-refractivity contribution in [1.29, 1.82) is 0 Å². The second-order valence-corrected chi connectivity index (χ2v) is 14.0. The Morgan fingerprint density at radius 3 is 1.44 bits per heavy atom. The molecule has 0 radical (unpaired) electrons. The van der Waals surface area contributed by atoms with Crippen LogP contribution in [-0.4, -0.2) is 16.3 Å². The van der Waals surface area contributed by atoms with E-state index < -0.39 is 17.5 Å². The Morgan fingerprint density at radius 1 is 0.769 bits per heavy atom. The molecule has 0 aromatic heterocycles. The summed E-state index contributed by atoms with van der Waals surface area (Å²) in [5.41, 5.74) is 1.36. The molecule has 4 rings (SSSR count). The molecule has 0 bridgehead atoms. The lowest BCUT2D eigenvalue weighted by Gasteiger charge is -2.30. The molecule has 0 unspecified atom stereocenters. The number of rotatable bonds is 8. The van der Waals surface area contributed by atoms with E-state index >= 15 is 0 Å². The van der Waals surface area contributed by atoms with Crippen molar-refractivity contribution in [2.75, 3.05) is 5.75 Å². The first-order valence-electron chi connectivity index (χ1n) is 11.8. The van der Waals surface area contributed by atoms with Crippen molar-refractivity contribution in [3.63, 3.8) is 0 Å². The number of hydrogen-bond donors (Lipinski definition) is 2. The fraction of sp³-hybridized carbons (Fsp3) is 0.0690. The maximum absolute atomic E-state index is 13.5. The molecule has 0 fully saturated rings. The second-order valence-electron chi connectivity index (χ2n) is 7.95. The Bertz CT molecular complexity index is 1250. The zero-order chi connectivity index (χ0) is 28.3. The van der Waals surface area contributed by atoms with Crippen molar-refractivity contribution in [3.8, 4) is 0 Å². The molecule has 0 saturated carbocycles. The van der Waals surface area contributed by atoms with Crippen LogP contribution in [0.5, 0.6) is 0 Å². The third-order valence-corrected chi connectivity index (χ3v) is 11.3. The van der Waals surface area contributed by atoms with Gasteiger partial charge < -0.3 is 0 Å². The molecule has 0 atom stereocenters. The van der Waals surface area contributed by atoms with E-state index in [4.69, 9.17) is 30.2 Å². The largest absolute Gasteiger partial charge is 0.290 e. The van der Waals surface area contributed by atoms with Crippen LogP contribution >= 0.6 is 30.6 Å². The van der Waals surface area contributed by atoms with Crippen molar-refractivity contribution in [2.24, 2.45) is 0 Å². The van der Waals surface area contributed by atoms with Gasteiger partial charge in [-0.1, -0.05) is 91.3 Å². The van der Waals surface area contributed by atoms with Gasteiger partial charge in [-0.2, -0.15) is 14.0 Å². The molecule has 0 spiro atoms. The first-order valence-corrected chi connectivity index (χ1v) is 16.2. The number of amides is 1. The summed E-state index contributed by atoms with van der Waals surface area (Å²) in [6.45, 7) is 2.07. The number of nitrogens with one attached hydrogen (secondary N) is 1. The monoisotopic (exact) mass is 602 g/mol. The van der Waals surface area contributed by atoms with Crippen LogP contribution in [0.15, 0.2) is 131 Å². The molecule has 6 nitrogen and oxygen atoms in total. The Morgan fingerprint density at radius 2 is 1.10 bits per heavy atom. The highest BCUT2D eigenvalue weighted by molar-refractivity contribution is 8.06. The smallest absolute Gasteiger partial charge is 0.258 e. The standard InChI is InChI=1S/C29H25ClNOPS.ClHO4/c1-2-34-27(30)29(31-28(32)23-15-7-3-8-16-23)33(24-17-9-4-10-18-24,25-19-11-5-12-20-25)26-21-13-6-14-22-26;2-1(3,4)5/h3-22H,2H2,1H3;(H,2,3,4,5)/p+1/b29-27+;. The zero-order valence-corrected chi connectivity index (χ0v) is 24.2. The third kappa shape index (κ3) is 8.39. The maximum Gasteiger partial charge on any atom is 0.258 e. The summed E-state index contributed by atoms with van der Waals surface area (Å²) < 4.78 is 33.3. The van der Waals surface area contributed by atoms with E-state index in [1.54, 1.807) is 11.8 Å².